The summed E-state index contributed by atoms with van der Waals surface area (Å²) in [7, 11) is 2.19. The largest absolute Gasteiger partial charge is 0.353 e. The summed E-state index contributed by atoms with van der Waals surface area (Å²) in [5.74, 6) is 0.815. The van der Waals surface area contributed by atoms with Gasteiger partial charge in [0.05, 0.1) is 6.04 Å². The lowest BCUT2D eigenvalue weighted by molar-refractivity contribution is 0.132. The smallest absolute Gasteiger partial charge is 0.116 e. The van der Waals surface area contributed by atoms with Gasteiger partial charge in [0.1, 0.15) is 5.54 Å². The van der Waals surface area contributed by atoms with Crippen LogP contribution < -0.4 is 0 Å². The van der Waals surface area contributed by atoms with Crippen molar-refractivity contribution < 1.29 is 0 Å². The van der Waals surface area contributed by atoms with Gasteiger partial charge >= 0.3 is 0 Å². The van der Waals surface area contributed by atoms with Crippen LogP contribution in [-0.2, 0) is 5.54 Å². The molecule has 0 spiro atoms. The zero-order valence-corrected chi connectivity index (χ0v) is 19.8. The van der Waals surface area contributed by atoms with Gasteiger partial charge in [-0.3, -0.25) is 4.90 Å². The second-order valence-electron chi connectivity index (χ2n) is 8.51. The molecule has 3 heteroatoms. The number of rotatable bonds is 7. The number of benzene rings is 3. The standard InChI is InChI=1S/C29H32N2S/c1-4-31(28-21-30(3)27(22-32)20-23(28)2)29(24-14-8-5-9-15-24,25-16-10-6-11-17-25)26-18-12-7-13-19-26/h4-20,27-28,32H,1,21-22H2,2-3H3/t27-,28?/m0/s1. The summed E-state index contributed by atoms with van der Waals surface area (Å²) in [5, 5.41) is 0. The number of nitrogens with zero attached hydrogens (tertiary/aromatic N) is 2. The van der Waals surface area contributed by atoms with Crippen LogP contribution in [0.3, 0.4) is 0 Å². The quantitative estimate of drug-likeness (QED) is 0.274. The van der Waals surface area contributed by atoms with Crippen molar-refractivity contribution in [3.63, 3.8) is 0 Å². The maximum absolute atomic E-state index is 4.58. The Bertz CT molecular complexity index is 950. The van der Waals surface area contributed by atoms with Crippen molar-refractivity contribution >= 4 is 12.6 Å². The second kappa shape index (κ2) is 9.81. The predicted molar refractivity (Wildman–Crippen MR) is 139 cm³/mol. The average Bonchev–Trinajstić information content (AvgIpc) is 2.85. The molecule has 3 aromatic carbocycles. The Morgan fingerprint density at radius 3 is 1.72 bits per heavy atom. The Kier molecular flexibility index (Phi) is 6.88. The van der Waals surface area contributed by atoms with Crippen LogP contribution in [0.2, 0.25) is 0 Å². The van der Waals surface area contributed by atoms with Crippen molar-refractivity contribution in [2.45, 2.75) is 24.5 Å². The second-order valence-corrected chi connectivity index (χ2v) is 8.88. The van der Waals surface area contributed by atoms with Crippen molar-refractivity contribution in [2.24, 2.45) is 0 Å². The van der Waals surface area contributed by atoms with Crippen molar-refractivity contribution in [2.75, 3.05) is 19.3 Å². The highest BCUT2D eigenvalue weighted by molar-refractivity contribution is 7.80. The molecule has 0 aromatic heterocycles. The van der Waals surface area contributed by atoms with E-state index in [0.717, 1.165) is 12.3 Å². The van der Waals surface area contributed by atoms with Crippen LogP contribution in [0.4, 0.5) is 0 Å². The molecule has 1 heterocycles. The summed E-state index contributed by atoms with van der Waals surface area (Å²) in [6.45, 7) is 7.50. The first-order chi connectivity index (χ1) is 15.6. The molecule has 32 heavy (non-hydrogen) atoms. The first-order valence-electron chi connectivity index (χ1n) is 11.2. The fraction of sp³-hybridized carbons (Fsp3) is 0.241. The lowest BCUT2D eigenvalue weighted by atomic mass is 9.74. The molecule has 0 fully saturated rings. The molecule has 2 atom stereocenters. The van der Waals surface area contributed by atoms with Crippen LogP contribution in [0.25, 0.3) is 0 Å². The molecule has 4 rings (SSSR count). The van der Waals surface area contributed by atoms with E-state index in [0.29, 0.717) is 6.04 Å². The van der Waals surface area contributed by atoms with E-state index in [1.165, 1.54) is 22.3 Å². The van der Waals surface area contributed by atoms with Gasteiger partial charge < -0.3 is 4.90 Å². The molecule has 0 N–H and O–H groups in total. The molecule has 0 saturated carbocycles. The minimum atomic E-state index is -0.514. The van der Waals surface area contributed by atoms with Gasteiger partial charge in [0, 0.05) is 18.3 Å². The normalized spacial score (nSPS) is 19.3. The summed E-state index contributed by atoms with van der Waals surface area (Å²) >= 11 is 4.58. The molecular formula is C29H32N2S. The van der Waals surface area contributed by atoms with Crippen molar-refractivity contribution in [3.05, 3.63) is 132 Å². The number of thiol groups is 1. The third-order valence-corrected chi connectivity index (χ3v) is 7.06. The van der Waals surface area contributed by atoms with E-state index in [1.807, 2.05) is 6.20 Å². The van der Waals surface area contributed by atoms with E-state index in [2.05, 4.69) is 140 Å². The molecule has 0 bridgehead atoms. The van der Waals surface area contributed by atoms with E-state index < -0.39 is 5.54 Å². The van der Waals surface area contributed by atoms with Gasteiger partial charge in [-0.2, -0.15) is 12.6 Å². The Morgan fingerprint density at radius 1 is 0.906 bits per heavy atom. The highest BCUT2D eigenvalue weighted by Gasteiger charge is 2.45. The molecule has 2 nitrogen and oxygen atoms in total. The van der Waals surface area contributed by atoms with Gasteiger partial charge in [-0.05, 0) is 36.9 Å². The third kappa shape index (κ3) is 3.92. The van der Waals surface area contributed by atoms with Crippen LogP contribution >= 0.6 is 12.6 Å². The Balaban J connectivity index is 2.02. The van der Waals surface area contributed by atoms with Crippen LogP contribution in [0.15, 0.2) is 115 Å². The number of hydrogen-bond acceptors (Lipinski definition) is 3. The maximum atomic E-state index is 4.58. The minimum Gasteiger partial charge on any atom is -0.353 e. The Labute approximate surface area is 198 Å². The molecule has 3 aromatic rings. The van der Waals surface area contributed by atoms with Gasteiger partial charge in [0.15, 0.2) is 0 Å². The number of hydrogen-bond donors (Lipinski definition) is 1. The molecule has 0 saturated heterocycles. The summed E-state index contributed by atoms with van der Waals surface area (Å²) in [4.78, 5) is 4.86. The minimum absolute atomic E-state index is 0.175. The van der Waals surface area contributed by atoms with Gasteiger partial charge in [0.2, 0.25) is 0 Å². The molecule has 1 aliphatic heterocycles. The third-order valence-electron chi connectivity index (χ3n) is 6.69. The van der Waals surface area contributed by atoms with Gasteiger partial charge in [0.25, 0.3) is 0 Å². The van der Waals surface area contributed by atoms with E-state index >= 15 is 0 Å². The SMILES string of the molecule is C=CN(C1CN(C)[C@H](CS)C=C1C)C(c1ccccc1)(c1ccccc1)c1ccccc1. The Morgan fingerprint density at radius 2 is 1.34 bits per heavy atom. The molecule has 0 amide bonds. The van der Waals surface area contributed by atoms with Crippen molar-refractivity contribution in [1.29, 1.82) is 0 Å². The molecule has 1 aliphatic rings. The topological polar surface area (TPSA) is 6.48 Å². The van der Waals surface area contributed by atoms with Crippen LogP contribution in [0.1, 0.15) is 23.6 Å². The van der Waals surface area contributed by atoms with Gasteiger partial charge in [-0.25, -0.2) is 0 Å². The molecular weight excluding hydrogens is 408 g/mol. The average molecular weight is 441 g/mol. The lowest BCUT2D eigenvalue weighted by Gasteiger charge is -2.51. The van der Waals surface area contributed by atoms with E-state index in [-0.39, 0.29) is 6.04 Å². The predicted octanol–water partition coefficient (Wildman–Crippen LogP) is 5.98. The summed E-state index contributed by atoms with van der Waals surface area (Å²) in [6, 6.07) is 33.0. The van der Waals surface area contributed by atoms with Crippen molar-refractivity contribution in [1.82, 2.24) is 9.80 Å². The summed E-state index contributed by atoms with van der Waals surface area (Å²) < 4.78 is 0. The zero-order valence-electron chi connectivity index (χ0n) is 18.9. The highest BCUT2D eigenvalue weighted by atomic mass is 32.1. The maximum Gasteiger partial charge on any atom is 0.116 e. The highest BCUT2D eigenvalue weighted by Crippen LogP contribution is 2.45. The van der Waals surface area contributed by atoms with Crippen LogP contribution in [-0.4, -0.2) is 41.2 Å². The van der Waals surface area contributed by atoms with Crippen LogP contribution in [0, 0.1) is 0 Å². The van der Waals surface area contributed by atoms with Crippen LogP contribution in [0.5, 0.6) is 0 Å². The van der Waals surface area contributed by atoms with E-state index in [4.69, 9.17) is 0 Å². The monoisotopic (exact) mass is 440 g/mol. The number of likely N-dealkylation sites (N-methyl/N-ethyl adjacent to an activating group) is 1. The molecule has 0 aliphatic carbocycles. The zero-order chi connectivity index (χ0) is 22.6. The summed E-state index contributed by atoms with van der Waals surface area (Å²) in [5.41, 5.74) is 4.52. The fourth-order valence-electron chi connectivity index (χ4n) is 5.08. The molecule has 1 unspecified atom stereocenters. The fourth-order valence-corrected chi connectivity index (χ4v) is 5.46. The van der Waals surface area contributed by atoms with Crippen molar-refractivity contribution in [3.8, 4) is 0 Å². The molecule has 0 radical (unpaired) electrons. The molecule has 164 valence electrons. The van der Waals surface area contributed by atoms with E-state index in [1.54, 1.807) is 0 Å². The van der Waals surface area contributed by atoms with Gasteiger partial charge in [-0.15, -0.1) is 0 Å². The first-order valence-corrected chi connectivity index (χ1v) is 11.8. The van der Waals surface area contributed by atoms with Gasteiger partial charge in [-0.1, -0.05) is 109 Å². The Hall–Kier alpha value is -2.75. The van der Waals surface area contributed by atoms with E-state index in [9.17, 15) is 0 Å². The first kappa shape index (κ1) is 22.4. The lowest BCUT2D eigenvalue weighted by Crippen LogP contribution is -2.56. The summed E-state index contributed by atoms with van der Waals surface area (Å²) in [6.07, 6.45) is 4.40.